The van der Waals surface area contributed by atoms with Gasteiger partial charge in [-0.15, -0.1) is 0 Å². The lowest BCUT2D eigenvalue weighted by atomic mass is 9.96. The van der Waals surface area contributed by atoms with Gasteiger partial charge in [-0.1, -0.05) is 29.8 Å². The number of nitrogen functional groups attached to an aromatic ring is 1. The first kappa shape index (κ1) is 11.6. The summed E-state index contributed by atoms with van der Waals surface area (Å²) in [6.45, 7) is 4.01. The predicted molar refractivity (Wildman–Crippen MR) is 68.6 cm³/mol. The van der Waals surface area contributed by atoms with Gasteiger partial charge in [0.2, 0.25) is 0 Å². The predicted octanol–water partition coefficient (Wildman–Crippen LogP) is 2.36. The number of aromatic nitrogens is 1. The minimum absolute atomic E-state index is 0.375. The zero-order chi connectivity index (χ0) is 12.4. The molecule has 0 aliphatic heterocycles. The zero-order valence-electron chi connectivity index (χ0n) is 10.0. The van der Waals surface area contributed by atoms with Crippen LogP contribution in [0.3, 0.4) is 0 Å². The largest absolute Gasteiger partial charge is 0.384 e. The summed E-state index contributed by atoms with van der Waals surface area (Å²) >= 11 is 0. The second kappa shape index (κ2) is 4.55. The summed E-state index contributed by atoms with van der Waals surface area (Å²) in [5.74, 6) is 0.375. The summed E-state index contributed by atoms with van der Waals surface area (Å²) in [7, 11) is 0. The number of aryl methyl sites for hydroxylation is 2. The van der Waals surface area contributed by atoms with Gasteiger partial charge < -0.3 is 10.8 Å². The lowest BCUT2D eigenvalue weighted by Crippen LogP contribution is -2.06. The number of anilines is 1. The number of rotatable bonds is 2. The van der Waals surface area contributed by atoms with Crippen LogP contribution in [0, 0.1) is 13.8 Å². The highest BCUT2D eigenvalue weighted by molar-refractivity contribution is 5.46. The smallest absolute Gasteiger partial charge is 0.129 e. The molecule has 1 aromatic heterocycles. The van der Waals surface area contributed by atoms with Crippen LogP contribution in [0.5, 0.6) is 0 Å². The zero-order valence-corrected chi connectivity index (χ0v) is 10.0. The molecule has 0 aliphatic rings. The van der Waals surface area contributed by atoms with Gasteiger partial charge in [0, 0.05) is 11.8 Å². The summed E-state index contributed by atoms with van der Waals surface area (Å²) in [6, 6.07) is 9.54. The second-order valence-electron chi connectivity index (χ2n) is 4.24. The van der Waals surface area contributed by atoms with Crippen molar-refractivity contribution in [3.63, 3.8) is 0 Å². The third-order valence-electron chi connectivity index (χ3n) is 2.89. The summed E-state index contributed by atoms with van der Waals surface area (Å²) < 4.78 is 0. The SMILES string of the molecule is Cc1ccc(C(O)c2cccnc2N)c(C)c1. The Kier molecular flexibility index (Phi) is 3.11. The third kappa shape index (κ3) is 2.29. The number of hydrogen-bond acceptors (Lipinski definition) is 3. The van der Waals surface area contributed by atoms with E-state index in [-0.39, 0.29) is 0 Å². The molecular formula is C14H16N2O. The highest BCUT2D eigenvalue weighted by Crippen LogP contribution is 2.27. The fourth-order valence-electron chi connectivity index (χ4n) is 1.96. The van der Waals surface area contributed by atoms with Gasteiger partial charge in [-0.3, -0.25) is 0 Å². The lowest BCUT2D eigenvalue weighted by molar-refractivity contribution is 0.220. The standard InChI is InChI=1S/C14H16N2O/c1-9-5-6-11(10(2)8-9)13(17)12-4-3-7-16-14(12)15/h3-8,13,17H,1-2H3,(H2,15,16). The summed E-state index contributed by atoms with van der Waals surface area (Å²) in [5, 5.41) is 10.3. The Morgan fingerprint density at radius 2 is 1.94 bits per heavy atom. The summed E-state index contributed by atoms with van der Waals surface area (Å²) in [6.07, 6.45) is 0.900. The molecule has 2 rings (SSSR count). The maximum Gasteiger partial charge on any atom is 0.129 e. The van der Waals surface area contributed by atoms with Crippen LogP contribution in [-0.2, 0) is 0 Å². The molecule has 0 radical (unpaired) electrons. The van der Waals surface area contributed by atoms with Crippen LogP contribution in [0.1, 0.15) is 28.4 Å². The molecule has 17 heavy (non-hydrogen) atoms. The second-order valence-corrected chi connectivity index (χ2v) is 4.24. The minimum Gasteiger partial charge on any atom is -0.384 e. The van der Waals surface area contributed by atoms with Gasteiger partial charge in [-0.25, -0.2) is 4.98 Å². The van der Waals surface area contributed by atoms with Crippen molar-refractivity contribution in [3.8, 4) is 0 Å². The maximum atomic E-state index is 10.3. The van der Waals surface area contributed by atoms with Crippen LogP contribution in [0.15, 0.2) is 36.5 Å². The molecule has 88 valence electrons. The monoisotopic (exact) mass is 228 g/mol. The number of nitrogens with two attached hydrogens (primary N) is 1. The molecule has 0 saturated heterocycles. The molecule has 1 heterocycles. The minimum atomic E-state index is -0.718. The van der Waals surface area contributed by atoms with E-state index < -0.39 is 6.10 Å². The first-order chi connectivity index (χ1) is 8.09. The number of aliphatic hydroxyl groups excluding tert-OH is 1. The van der Waals surface area contributed by atoms with Gasteiger partial charge in [-0.05, 0) is 31.0 Å². The number of aliphatic hydroxyl groups is 1. The molecule has 0 amide bonds. The molecular weight excluding hydrogens is 212 g/mol. The highest BCUT2D eigenvalue weighted by atomic mass is 16.3. The number of pyridine rings is 1. The van der Waals surface area contributed by atoms with Crippen LogP contribution in [0.4, 0.5) is 5.82 Å². The Morgan fingerprint density at radius 3 is 2.59 bits per heavy atom. The lowest BCUT2D eigenvalue weighted by Gasteiger charge is -2.15. The molecule has 0 spiro atoms. The fraction of sp³-hybridized carbons (Fsp3) is 0.214. The number of hydrogen-bond donors (Lipinski definition) is 2. The normalized spacial score (nSPS) is 12.4. The Labute approximate surface area is 101 Å². The Hall–Kier alpha value is -1.87. The number of benzene rings is 1. The average Bonchev–Trinajstić information content (AvgIpc) is 2.29. The van der Waals surface area contributed by atoms with E-state index in [1.807, 2.05) is 32.0 Å². The topological polar surface area (TPSA) is 59.1 Å². The van der Waals surface area contributed by atoms with Gasteiger partial charge in [0.1, 0.15) is 11.9 Å². The third-order valence-corrected chi connectivity index (χ3v) is 2.89. The van der Waals surface area contributed by atoms with E-state index in [2.05, 4.69) is 4.98 Å². The summed E-state index contributed by atoms with van der Waals surface area (Å²) in [4.78, 5) is 3.99. The van der Waals surface area contributed by atoms with Crippen LogP contribution in [0.25, 0.3) is 0 Å². The molecule has 3 nitrogen and oxygen atoms in total. The Balaban J connectivity index is 2.44. The molecule has 0 bridgehead atoms. The van der Waals surface area contributed by atoms with Gasteiger partial charge >= 0.3 is 0 Å². The highest BCUT2D eigenvalue weighted by Gasteiger charge is 2.15. The van der Waals surface area contributed by atoms with E-state index in [9.17, 15) is 5.11 Å². The maximum absolute atomic E-state index is 10.3. The van der Waals surface area contributed by atoms with E-state index in [0.717, 1.165) is 11.1 Å². The van der Waals surface area contributed by atoms with Crippen molar-refractivity contribution in [2.45, 2.75) is 20.0 Å². The molecule has 1 unspecified atom stereocenters. The van der Waals surface area contributed by atoms with Crippen molar-refractivity contribution in [3.05, 3.63) is 58.8 Å². The van der Waals surface area contributed by atoms with Crippen molar-refractivity contribution in [2.75, 3.05) is 5.73 Å². The van der Waals surface area contributed by atoms with Crippen LogP contribution >= 0.6 is 0 Å². The Bertz CT molecular complexity index is 537. The van der Waals surface area contributed by atoms with Crippen LogP contribution < -0.4 is 5.73 Å². The van der Waals surface area contributed by atoms with Crippen molar-refractivity contribution >= 4 is 5.82 Å². The van der Waals surface area contributed by atoms with Gasteiger partial charge in [0.05, 0.1) is 0 Å². The average molecular weight is 228 g/mol. The molecule has 0 fully saturated rings. The van der Waals surface area contributed by atoms with Crippen molar-refractivity contribution < 1.29 is 5.11 Å². The van der Waals surface area contributed by atoms with Gasteiger partial charge in [0.25, 0.3) is 0 Å². The molecule has 1 aromatic carbocycles. The van der Waals surface area contributed by atoms with Crippen molar-refractivity contribution in [1.82, 2.24) is 4.98 Å². The van der Waals surface area contributed by atoms with Crippen molar-refractivity contribution in [2.24, 2.45) is 0 Å². The first-order valence-electron chi connectivity index (χ1n) is 5.55. The van der Waals surface area contributed by atoms with Crippen molar-refractivity contribution in [1.29, 1.82) is 0 Å². The molecule has 3 N–H and O–H groups in total. The fourth-order valence-corrected chi connectivity index (χ4v) is 1.96. The molecule has 2 aromatic rings. The quantitative estimate of drug-likeness (QED) is 0.829. The molecule has 3 heteroatoms. The van der Waals surface area contributed by atoms with E-state index >= 15 is 0 Å². The molecule has 0 aliphatic carbocycles. The summed E-state index contributed by atoms with van der Waals surface area (Å²) in [5.41, 5.74) is 9.53. The molecule has 1 atom stereocenters. The van der Waals surface area contributed by atoms with E-state index in [1.165, 1.54) is 5.56 Å². The first-order valence-corrected chi connectivity index (χ1v) is 5.55. The van der Waals surface area contributed by atoms with E-state index in [4.69, 9.17) is 5.73 Å². The van der Waals surface area contributed by atoms with Crippen LogP contribution in [0.2, 0.25) is 0 Å². The number of nitrogens with zero attached hydrogens (tertiary/aromatic N) is 1. The van der Waals surface area contributed by atoms with E-state index in [0.29, 0.717) is 11.4 Å². The Morgan fingerprint density at radius 1 is 1.18 bits per heavy atom. The molecule has 0 saturated carbocycles. The van der Waals surface area contributed by atoms with Gasteiger partial charge in [0.15, 0.2) is 0 Å². The van der Waals surface area contributed by atoms with Gasteiger partial charge in [-0.2, -0.15) is 0 Å². The van der Waals surface area contributed by atoms with Crippen LogP contribution in [-0.4, -0.2) is 10.1 Å². The van der Waals surface area contributed by atoms with E-state index in [1.54, 1.807) is 18.3 Å².